The predicted molar refractivity (Wildman–Crippen MR) is 109 cm³/mol. The third-order valence-corrected chi connectivity index (χ3v) is 6.70. The highest BCUT2D eigenvalue weighted by Crippen LogP contribution is 2.27. The van der Waals surface area contributed by atoms with Crippen molar-refractivity contribution in [2.45, 2.75) is 24.7 Å². The van der Waals surface area contributed by atoms with E-state index < -0.39 is 20.0 Å². The zero-order chi connectivity index (χ0) is 19.7. The van der Waals surface area contributed by atoms with Crippen molar-refractivity contribution in [2.75, 3.05) is 15.7 Å². The first-order valence-electron chi connectivity index (χ1n) is 8.16. The third kappa shape index (κ3) is 4.96. The number of sulfonamides is 2. The summed E-state index contributed by atoms with van der Waals surface area (Å²) in [6.07, 6.45) is 2.93. The summed E-state index contributed by atoms with van der Waals surface area (Å²) >= 11 is 1.55. The second-order valence-electron chi connectivity index (χ2n) is 6.04. The Labute approximate surface area is 162 Å². The summed E-state index contributed by atoms with van der Waals surface area (Å²) in [5.74, 6) is 0. The normalized spacial score (nSPS) is 12.2. The molecule has 27 heavy (non-hydrogen) atoms. The molecule has 0 saturated heterocycles. The summed E-state index contributed by atoms with van der Waals surface area (Å²) in [6, 6.07) is 10.7. The number of hydrogen-bond acceptors (Lipinski definition) is 6. The van der Waals surface area contributed by atoms with Crippen molar-refractivity contribution < 1.29 is 16.8 Å². The van der Waals surface area contributed by atoms with Crippen LogP contribution in [0.4, 0.5) is 11.4 Å². The van der Waals surface area contributed by atoms with Gasteiger partial charge in [0.15, 0.2) is 0 Å². The monoisotopic (exact) mass is 425 g/mol. The molecule has 0 aliphatic heterocycles. The number of fused-ring (bicyclic) bond motifs is 1. The summed E-state index contributed by atoms with van der Waals surface area (Å²) < 4.78 is 53.4. The molecule has 2 aromatic carbocycles. The lowest BCUT2D eigenvalue weighted by molar-refractivity contribution is 0.601. The quantitative estimate of drug-likeness (QED) is 0.603. The van der Waals surface area contributed by atoms with Crippen LogP contribution in [0.3, 0.4) is 0 Å². The zero-order valence-corrected chi connectivity index (χ0v) is 17.2. The summed E-state index contributed by atoms with van der Waals surface area (Å²) in [4.78, 5) is 4.56. The number of benzene rings is 2. The second kappa shape index (κ2) is 7.45. The molecule has 0 aliphatic carbocycles. The number of hydrogen-bond donors (Lipinski definition) is 2. The molecule has 0 bridgehead atoms. The van der Waals surface area contributed by atoms with Crippen molar-refractivity contribution in [2.24, 2.45) is 0 Å². The van der Waals surface area contributed by atoms with Gasteiger partial charge in [0.25, 0.3) is 10.0 Å². The highest BCUT2D eigenvalue weighted by atomic mass is 32.2. The van der Waals surface area contributed by atoms with Gasteiger partial charge in [-0.15, -0.1) is 11.3 Å². The molecule has 3 rings (SSSR count). The molecule has 0 atom stereocenters. The van der Waals surface area contributed by atoms with Crippen LogP contribution in [-0.2, 0) is 26.5 Å². The van der Waals surface area contributed by atoms with Gasteiger partial charge >= 0.3 is 0 Å². The lowest BCUT2D eigenvalue weighted by Gasteiger charge is -2.09. The lowest BCUT2D eigenvalue weighted by Crippen LogP contribution is -2.13. The van der Waals surface area contributed by atoms with Gasteiger partial charge in [-0.3, -0.25) is 9.44 Å². The number of nitrogens with zero attached hydrogens (tertiary/aromatic N) is 1. The molecule has 0 aliphatic rings. The van der Waals surface area contributed by atoms with Crippen LogP contribution < -0.4 is 9.44 Å². The zero-order valence-electron chi connectivity index (χ0n) is 14.8. The van der Waals surface area contributed by atoms with Crippen LogP contribution in [0, 0.1) is 0 Å². The van der Waals surface area contributed by atoms with Crippen molar-refractivity contribution in [3.8, 4) is 0 Å². The molecule has 0 saturated carbocycles. The minimum Gasteiger partial charge on any atom is -0.284 e. The molecule has 1 aromatic heterocycles. The van der Waals surface area contributed by atoms with Gasteiger partial charge in [0.2, 0.25) is 10.0 Å². The highest BCUT2D eigenvalue weighted by Gasteiger charge is 2.15. The Morgan fingerprint density at radius 3 is 2.26 bits per heavy atom. The van der Waals surface area contributed by atoms with Crippen LogP contribution in [0.25, 0.3) is 10.2 Å². The molecule has 0 radical (unpaired) electrons. The van der Waals surface area contributed by atoms with E-state index in [9.17, 15) is 16.8 Å². The number of aromatic nitrogens is 1. The van der Waals surface area contributed by atoms with E-state index in [1.807, 2.05) is 0 Å². The largest absolute Gasteiger partial charge is 0.284 e. The van der Waals surface area contributed by atoms with Crippen molar-refractivity contribution in [1.82, 2.24) is 4.98 Å². The van der Waals surface area contributed by atoms with E-state index in [2.05, 4.69) is 21.4 Å². The fourth-order valence-corrected chi connectivity index (χ4v) is 5.21. The van der Waals surface area contributed by atoms with E-state index in [-0.39, 0.29) is 4.90 Å². The first-order valence-corrected chi connectivity index (χ1v) is 12.4. The van der Waals surface area contributed by atoms with Crippen molar-refractivity contribution >= 4 is 53.0 Å². The Hall–Kier alpha value is -2.17. The number of thiazole rings is 1. The topological polar surface area (TPSA) is 105 Å². The van der Waals surface area contributed by atoms with Crippen LogP contribution in [0.5, 0.6) is 0 Å². The van der Waals surface area contributed by atoms with E-state index in [4.69, 9.17) is 0 Å². The number of rotatable bonds is 7. The molecule has 0 fully saturated rings. The minimum atomic E-state index is -3.79. The molecule has 1 heterocycles. The Balaban J connectivity index is 1.82. The van der Waals surface area contributed by atoms with Crippen LogP contribution >= 0.6 is 11.3 Å². The number of nitrogens with one attached hydrogen (secondary N) is 2. The molecular formula is C17H19N3O4S3. The van der Waals surface area contributed by atoms with Gasteiger partial charge in [-0.1, -0.05) is 6.92 Å². The van der Waals surface area contributed by atoms with Crippen LogP contribution in [0.1, 0.15) is 18.4 Å². The molecule has 3 aromatic rings. The standard InChI is InChI=1S/C17H19N3O4S3/c1-3-4-17-18-15-10-7-13(11-16(15)25-17)20-27(23,24)14-8-5-12(6-9-14)19-26(2,21)22/h5-11,19-20H,3-4H2,1-2H3. The van der Waals surface area contributed by atoms with Crippen molar-refractivity contribution in [3.05, 3.63) is 47.5 Å². The molecule has 10 heteroatoms. The van der Waals surface area contributed by atoms with Gasteiger partial charge < -0.3 is 0 Å². The smallest absolute Gasteiger partial charge is 0.261 e. The highest BCUT2D eigenvalue weighted by molar-refractivity contribution is 7.92. The van der Waals surface area contributed by atoms with Crippen LogP contribution in [0.2, 0.25) is 0 Å². The maximum atomic E-state index is 12.6. The number of aryl methyl sites for hydroxylation is 1. The van der Waals surface area contributed by atoms with Gasteiger partial charge in [-0.05, 0) is 55.3 Å². The average Bonchev–Trinajstić information content (AvgIpc) is 2.95. The lowest BCUT2D eigenvalue weighted by atomic mass is 10.3. The fourth-order valence-electron chi connectivity index (χ4n) is 2.49. The first-order chi connectivity index (χ1) is 12.7. The van der Waals surface area contributed by atoms with Crippen molar-refractivity contribution in [1.29, 1.82) is 0 Å². The fraction of sp³-hybridized carbons (Fsp3) is 0.235. The Morgan fingerprint density at radius 1 is 0.963 bits per heavy atom. The van der Waals surface area contributed by atoms with E-state index in [0.29, 0.717) is 11.4 Å². The second-order valence-corrected chi connectivity index (χ2v) is 10.6. The molecule has 7 nitrogen and oxygen atoms in total. The third-order valence-electron chi connectivity index (χ3n) is 3.62. The van der Waals surface area contributed by atoms with Gasteiger partial charge in [-0.25, -0.2) is 21.8 Å². The van der Waals surface area contributed by atoms with Crippen LogP contribution in [0.15, 0.2) is 47.4 Å². The van der Waals surface area contributed by atoms with E-state index in [0.717, 1.165) is 34.3 Å². The van der Waals surface area contributed by atoms with Gasteiger partial charge in [0.1, 0.15) is 0 Å². The SMILES string of the molecule is CCCc1nc2ccc(NS(=O)(=O)c3ccc(NS(C)(=O)=O)cc3)cc2s1. The Morgan fingerprint density at radius 2 is 1.63 bits per heavy atom. The average molecular weight is 426 g/mol. The molecule has 144 valence electrons. The van der Waals surface area contributed by atoms with E-state index >= 15 is 0 Å². The van der Waals surface area contributed by atoms with Gasteiger partial charge in [0.05, 0.1) is 32.1 Å². The predicted octanol–water partition coefficient (Wildman–Crippen LogP) is 3.42. The Kier molecular flexibility index (Phi) is 5.41. The molecule has 2 N–H and O–H groups in total. The van der Waals surface area contributed by atoms with Gasteiger partial charge in [0, 0.05) is 5.69 Å². The molecular weight excluding hydrogens is 406 g/mol. The number of anilines is 2. The summed E-state index contributed by atoms with van der Waals surface area (Å²) in [6.45, 7) is 2.09. The van der Waals surface area contributed by atoms with E-state index in [1.165, 1.54) is 24.3 Å². The first kappa shape index (κ1) is 19.6. The van der Waals surface area contributed by atoms with E-state index in [1.54, 1.807) is 29.5 Å². The summed E-state index contributed by atoms with van der Waals surface area (Å²) in [7, 11) is -7.21. The molecule has 0 amide bonds. The maximum absolute atomic E-state index is 12.6. The minimum absolute atomic E-state index is 0.0395. The Bertz CT molecular complexity index is 1170. The van der Waals surface area contributed by atoms with Crippen molar-refractivity contribution in [3.63, 3.8) is 0 Å². The molecule has 0 unspecified atom stereocenters. The van der Waals surface area contributed by atoms with Crippen LogP contribution in [-0.4, -0.2) is 28.1 Å². The summed E-state index contributed by atoms with van der Waals surface area (Å²) in [5.41, 5.74) is 1.60. The maximum Gasteiger partial charge on any atom is 0.261 e. The summed E-state index contributed by atoms with van der Waals surface area (Å²) in [5, 5.41) is 1.03. The molecule has 0 spiro atoms. The van der Waals surface area contributed by atoms with Gasteiger partial charge in [-0.2, -0.15) is 0 Å².